The summed E-state index contributed by atoms with van der Waals surface area (Å²) in [5.74, 6) is -1.50. The van der Waals surface area contributed by atoms with E-state index in [9.17, 15) is 8.78 Å². The van der Waals surface area contributed by atoms with Gasteiger partial charge in [0.05, 0.1) is 0 Å². The van der Waals surface area contributed by atoms with Crippen LogP contribution in [0.5, 0.6) is 0 Å². The molecule has 1 rings (SSSR count). The SMILES string of the molecule is CC(Cl)CCCc1cccc(F)c1F. The first kappa shape index (κ1) is 11.4. The number of aryl methyl sites for hydroxylation is 1. The van der Waals surface area contributed by atoms with E-state index < -0.39 is 11.6 Å². The van der Waals surface area contributed by atoms with Gasteiger partial charge in [-0.2, -0.15) is 0 Å². The van der Waals surface area contributed by atoms with Gasteiger partial charge in [0.1, 0.15) is 0 Å². The highest BCUT2D eigenvalue weighted by molar-refractivity contribution is 6.20. The van der Waals surface area contributed by atoms with Crippen LogP contribution in [0, 0.1) is 11.6 Å². The number of alkyl halides is 1. The minimum Gasteiger partial charge on any atom is -0.204 e. The lowest BCUT2D eigenvalue weighted by Crippen LogP contribution is -1.97. The van der Waals surface area contributed by atoms with Crippen LogP contribution in [0.2, 0.25) is 0 Å². The highest BCUT2D eigenvalue weighted by atomic mass is 35.5. The Morgan fingerprint density at radius 1 is 1.36 bits per heavy atom. The molecule has 78 valence electrons. The molecule has 0 nitrogen and oxygen atoms in total. The highest BCUT2D eigenvalue weighted by Crippen LogP contribution is 2.15. The molecule has 0 bridgehead atoms. The molecule has 0 aromatic heterocycles. The van der Waals surface area contributed by atoms with Gasteiger partial charge in [0, 0.05) is 5.38 Å². The van der Waals surface area contributed by atoms with Gasteiger partial charge >= 0.3 is 0 Å². The minimum absolute atomic E-state index is 0.0895. The summed E-state index contributed by atoms with van der Waals surface area (Å²) in [6.45, 7) is 1.89. The lowest BCUT2D eigenvalue weighted by molar-refractivity contribution is 0.496. The summed E-state index contributed by atoms with van der Waals surface area (Å²) in [4.78, 5) is 0. The second-order valence-electron chi connectivity index (χ2n) is 3.39. The van der Waals surface area contributed by atoms with Gasteiger partial charge in [-0.25, -0.2) is 8.78 Å². The summed E-state index contributed by atoms with van der Waals surface area (Å²) < 4.78 is 25.9. The molecule has 0 aliphatic rings. The molecular formula is C11H13ClF2. The van der Waals surface area contributed by atoms with E-state index in [1.165, 1.54) is 6.07 Å². The largest absolute Gasteiger partial charge is 0.204 e. The van der Waals surface area contributed by atoms with Gasteiger partial charge in [-0.3, -0.25) is 0 Å². The summed E-state index contributed by atoms with van der Waals surface area (Å²) >= 11 is 5.75. The van der Waals surface area contributed by atoms with Crippen LogP contribution in [0.4, 0.5) is 8.78 Å². The Hall–Kier alpha value is -0.630. The van der Waals surface area contributed by atoms with Gasteiger partial charge in [-0.15, -0.1) is 11.6 Å². The Kier molecular flexibility index (Phi) is 4.33. The van der Waals surface area contributed by atoms with Crippen molar-refractivity contribution in [2.75, 3.05) is 0 Å². The van der Waals surface area contributed by atoms with Crippen molar-refractivity contribution in [1.82, 2.24) is 0 Å². The van der Waals surface area contributed by atoms with Crippen molar-refractivity contribution in [3.8, 4) is 0 Å². The van der Waals surface area contributed by atoms with Crippen molar-refractivity contribution >= 4 is 11.6 Å². The van der Waals surface area contributed by atoms with Crippen molar-refractivity contribution in [3.63, 3.8) is 0 Å². The van der Waals surface area contributed by atoms with Gasteiger partial charge < -0.3 is 0 Å². The second-order valence-corrected chi connectivity index (χ2v) is 4.13. The summed E-state index contributed by atoms with van der Waals surface area (Å²) in [5, 5.41) is 0.0895. The zero-order valence-corrected chi connectivity index (χ0v) is 8.82. The number of rotatable bonds is 4. The number of benzene rings is 1. The third kappa shape index (κ3) is 3.26. The predicted molar refractivity (Wildman–Crippen MR) is 54.6 cm³/mol. The molecule has 0 spiro atoms. The minimum atomic E-state index is -0.776. The Balaban J connectivity index is 2.54. The molecule has 14 heavy (non-hydrogen) atoms. The molecule has 0 radical (unpaired) electrons. The Morgan fingerprint density at radius 2 is 2.07 bits per heavy atom. The van der Waals surface area contributed by atoms with Gasteiger partial charge in [-0.05, 0) is 37.8 Å². The molecule has 0 amide bonds. The quantitative estimate of drug-likeness (QED) is 0.672. The van der Waals surface area contributed by atoms with Crippen LogP contribution < -0.4 is 0 Å². The fraction of sp³-hybridized carbons (Fsp3) is 0.455. The molecule has 0 N–H and O–H groups in total. The fourth-order valence-corrected chi connectivity index (χ4v) is 1.47. The van der Waals surface area contributed by atoms with Crippen LogP contribution in [0.15, 0.2) is 18.2 Å². The first-order chi connectivity index (χ1) is 6.61. The van der Waals surface area contributed by atoms with E-state index >= 15 is 0 Å². The van der Waals surface area contributed by atoms with E-state index in [0.29, 0.717) is 12.0 Å². The topological polar surface area (TPSA) is 0 Å². The summed E-state index contributed by atoms with van der Waals surface area (Å²) in [6, 6.07) is 4.26. The lowest BCUT2D eigenvalue weighted by Gasteiger charge is -2.04. The maximum atomic E-state index is 13.1. The smallest absolute Gasteiger partial charge is 0.162 e. The maximum Gasteiger partial charge on any atom is 0.162 e. The van der Waals surface area contributed by atoms with Crippen molar-refractivity contribution in [2.45, 2.75) is 31.6 Å². The van der Waals surface area contributed by atoms with Crippen LogP contribution in [0.3, 0.4) is 0 Å². The van der Waals surface area contributed by atoms with E-state index in [0.717, 1.165) is 18.9 Å². The van der Waals surface area contributed by atoms with Crippen molar-refractivity contribution in [2.24, 2.45) is 0 Å². The van der Waals surface area contributed by atoms with Crippen LogP contribution >= 0.6 is 11.6 Å². The van der Waals surface area contributed by atoms with Gasteiger partial charge in [0.2, 0.25) is 0 Å². The third-order valence-electron chi connectivity index (χ3n) is 2.08. The Bertz CT molecular complexity index is 297. The zero-order chi connectivity index (χ0) is 10.6. The monoisotopic (exact) mass is 218 g/mol. The molecule has 1 atom stereocenters. The standard InChI is InChI=1S/C11H13ClF2/c1-8(12)4-2-5-9-6-3-7-10(13)11(9)14/h3,6-8H,2,4-5H2,1H3. The van der Waals surface area contributed by atoms with Crippen molar-refractivity contribution in [1.29, 1.82) is 0 Å². The fourth-order valence-electron chi connectivity index (χ4n) is 1.32. The maximum absolute atomic E-state index is 13.1. The second kappa shape index (κ2) is 5.30. The van der Waals surface area contributed by atoms with Crippen LogP contribution in [-0.2, 0) is 6.42 Å². The van der Waals surface area contributed by atoms with E-state index in [2.05, 4.69) is 0 Å². The van der Waals surface area contributed by atoms with Crippen molar-refractivity contribution in [3.05, 3.63) is 35.4 Å². The summed E-state index contributed by atoms with van der Waals surface area (Å²) in [6.07, 6.45) is 2.14. The average Bonchev–Trinajstić information content (AvgIpc) is 2.12. The molecule has 0 fully saturated rings. The Labute approximate surface area is 87.9 Å². The van der Waals surface area contributed by atoms with E-state index in [1.54, 1.807) is 6.07 Å². The molecule has 0 aliphatic carbocycles. The Morgan fingerprint density at radius 3 is 2.71 bits per heavy atom. The first-order valence-electron chi connectivity index (χ1n) is 4.68. The molecule has 0 aliphatic heterocycles. The lowest BCUT2D eigenvalue weighted by atomic mass is 10.1. The summed E-state index contributed by atoms with van der Waals surface area (Å²) in [7, 11) is 0. The normalized spacial score (nSPS) is 12.9. The molecule has 0 heterocycles. The average molecular weight is 219 g/mol. The van der Waals surface area contributed by atoms with E-state index in [1.807, 2.05) is 6.92 Å². The zero-order valence-electron chi connectivity index (χ0n) is 8.06. The predicted octanol–water partition coefficient (Wildman–Crippen LogP) is 3.91. The molecule has 1 aromatic carbocycles. The van der Waals surface area contributed by atoms with Crippen LogP contribution in [0.1, 0.15) is 25.3 Å². The molecule has 0 saturated heterocycles. The van der Waals surface area contributed by atoms with Crippen LogP contribution in [0.25, 0.3) is 0 Å². The molecular weight excluding hydrogens is 206 g/mol. The van der Waals surface area contributed by atoms with Crippen molar-refractivity contribution < 1.29 is 8.78 Å². The molecule has 1 aromatic rings. The number of hydrogen-bond acceptors (Lipinski definition) is 0. The van der Waals surface area contributed by atoms with Gasteiger partial charge in [-0.1, -0.05) is 12.1 Å². The van der Waals surface area contributed by atoms with E-state index in [4.69, 9.17) is 11.6 Å². The molecule has 1 unspecified atom stereocenters. The third-order valence-corrected chi connectivity index (χ3v) is 2.30. The highest BCUT2D eigenvalue weighted by Gasteiger charge is 2.07. The van der Waals surface area contributed by atoms with Gasteiger partial charge in [0.25, 0.3) is 0 Å². The molecule has 3 heteroatoms. The number of hydrogen-bond donors (Lipinski definition) is 0. The first-order valence-corrected chi connectivity index (χ1v) is 5.12. The number of halogens is 3. The molecule has 0 saturated carbocycles. The van der Waals surface area contributed by atoms with E-state index in [-0.39, 0.29) is 5.38 Å². The van der Waals surface area contributed by atoms with Crippen LogP contribution in [-0.4, -0.2) is 5.38 Å². The summed E-state index contributed by atoms with van der Waals surface area (Å²) in [5.41, 5.74) is 0.433. The van der Waals surface area contributed by atoms with Gasteiger partial charge in [0.15, 0.2) is 11.6 Å².